The molecule has 0 bridgehead atoms. The van der Waals surface area contributed by atoms with Gasteiger partial charge < -0.3 is 44.3 Å². The Hall–Kier alpha value is -7.00. The van der Waals surface area contributed by atoms with E-state index < -0.39 is 27.6 Å². The summed E-state index contributed by atoms with van der Waals surface area (Å²) in [6.07, 6.45) is 9.31. The number of nitrogens with two attached hydrogens (primary N) is 6. The SMILES string of the molecule is CS(C)=O.CS(C)=O.Nc1nc(N)c2nc(-c3ccccc3)c(N)nc2[nH+]1.Nc1nc(N)c2nc(-c3ccccc3)c(N)nc2n1.O=C([O-])c1cccnc1. The summed E-state index contributed by atoms with van der Waals surface area (Å²) in [6.45, 7) is 0. The number of carboxylic acid groups (broad SMARTS) is 1. The summed E-state index contributed by atoms with van der Waals surface area (Å²) in [7, 11) is -1.22. The highest BCUT2D eigenvalue weighted by molar-refractivity contribution is 7.83. The van der Waals surface area contributed by atoms with Crippen LogP contribution in [0, 0.1) is 0 Å². The quantitative estimate of drug-likeness (QED) is 0.142. The summed E-state index contributed by atoms with van der Waals surface area (Å²) in [6, 6.07) is 22.0. The molecule has 5 aromatic heterocycles. The molecule has 0 fully saturated rings. The van der Waals surface area contributed by atoms with Crippen LogP contribution in [0.15, 0.2) is 85.2 Å². The van der Waals surface area contributed by atoms with Crippen LogP contribution in [-0.2, 0) is 21.6 Å². The lowest BCUT2D eigenvalue weighted by atomic mass is 10.1. The van der Waals surface area contributed by atoms with Crippen LogP contribution in [-0.4, -0.2) is 79.3 Å². The van der Waals surface area contributed by atoms with Crippen molar-refractivity contribution < 1.29 is 23.3 Å². The molecule has 7 rings (SSSR count). The molecule has 0 aliphatic rings. The lowest BCUT2D eigenvalue weighted by Crippen LogP contribution is -2.22. The fourth-order valence-electron chi connectivity index (χ4n) is 4.15. The van der Waals surface area contributed by atoms with Gasteiger partial charge in [0, 0.05) is 75.7 Å². The van der Waals surface area contributed by atoms with Gasteiger partial charge in [-0.3, -0.25) is 13.4 Å². The van der Waals surface area contributed by atoms with Gasteiger partial charge in [-0.2, -0.15) is 9.97 Å². The second kappa shape index (κ2) is 20.3. The van der Waals surface area contributed by atoms with E-state index in [0.717, 1.165) is 11.1 Å². The Kier molecular flexibility index (Phi) is 15.7. The molecule has 0 aliphatic carbocycles. The third-order valence-electron chi connectivity index (χ3n) is 6.25. The largest absolute Gasteiger partial charge is 0.545 e. The van der Waals surface area contributed by atoms with Gasteiger partial charge in [-0.25, -0.2) is 19.9 Å². The van der Waals surface area contributed by atoms with E-state index in [4.69, 9.17) is 34.4 Å². The first-order valence-electron chi connectivity index (χ1n) is 15.6. The summed E-state index contributed by atoms with van der Waals surface area (Å²) in [5, 5.41) is 10.0. The van der Waals surface area contributed by atoms with Crippen LogP contribution in [0.1, 0.15) is 10.4 Å². The molecule has 7 aromatic rings. The van der Waals surface area contributed by atoms with E-state index in [-0.39, 0.29) is 34.9 Å². The highest BCUT2D eigenvalue weighted by Crippen LogP contribution is 2.27. The van der Waals surface area contributed by atoms with E-state index in [1.165, 1.54) is 18.5 Å². The number of carbonyl (C=O) groups is 1. The number of rotatable bonds is 3. The van der Waals surface area contributed by atoms with Crippen LogP contribution in [0.5, 0.6) is 0 Å². The van der Waals surface area contributed by atoms with E-state index in [1.54, 1.807) is 31.1 Å². The van der Waals surface area contributed by atoms with Gasteiger partial charge in [0.1, 0.15) is 11.4 Å². The van der Waals surface area contributed by atoms with Gasteiger partial charge in [0.05, 0.1) is 5.97 Å². The Morgan fingerprint density at radius 2 is 1.09 bits per heavy atom. The number of fused-ring (bicyclic) bond motifs is 2. The number of carboxylic acids is 1. The molecule has 0 spiro atoms. The molecule has 0 radical (unpaired) electrons. The van der Waals surface area contributed by atoms with Crippen molar-refractivity contribution in [3.63, 3.8) is 0 Å². The number of nitrogens with zero attached hydrogens (tertiary/aromatic N) is 8. The van der Waals surface area contributed by atoms with E-state index in [1.807, 2.05) is 60.7 Å². The summed E-state index contributed by atoms with van der Waals surface area (Å²) in [5.74, 6) is 0.0136. The maximum Gasteiger partial charge on any atom is 0.344 e. The summed E-state index contributed by atoms with van der Waals surface area (Å²) in [5.41, 5.74) is 39.0. The first kappa shape index (κ1) is 42.4. The number of pyridine rings is 1. The first-order chi connectivity index (χ1) is 26.1. The fraction of sp³-hybridized carbons (Fsp3) is 0.118. The highest BCUT2D eigenvalue weighted by atomic mass is 32.2. The molecule has 0 saturated carbocycles. The second-order valence-corrected chi connectivity index (χ2v) is 14.0. The lowest BCUT2D eigenvalue weighted by molar-refractivity contribution is -0.333. The Morgan fingerprint density at radius 1 is 0.600 bits per heavy atom. The number of hydrogen-bond acceptors (Lipinski definition) is 18. The molecule has 286 valence electrons. The molecule has 0 amide bonds. The standard InChI is InChI=1S/2C12H11N7.C6H5NO2.2C2H6OS/c2*13-9-7(6-4-2-1-3-5-6)16-8-10(14)18-12(15)19-11(8)17-9;8-6(9)5-2-1-3-7-4-5;2*1-4(2)3/h2*1-5H,(H6,13,14,15,17,18,19);1-4H,(H,8,9);2*1-2H3. The van der Waals surface area contributed by atoms with Gasteiger partial charge in [0.2, 0.25) is 17.6 Å². The molecule has 55 heavy (non-hydrogen) atoms. The lowest BCUT2D eigenvalue weighted by Gasteiger charge is -2.07. The number of nitrogens with one attached hydrogen (secondary N) is 1. The number of hydrogen-bond donors (Lipinski definition) is 6. The Balaban J connectivity index is 0.000000211. The number of aromatic nitrogens is 9. The minimum Gasteiger partial charge on any atom is -0.545 e. The number of carbonyl (C=O) groups excluding carboxylic acids is 1. The summed E-state index contributed by atoms with van der Waals surface area (Å²) >= 11 is 0. The van der Waals surface area contributed by atoms with Crippen molar-refractivity contribution in [3.05, 3.63) is 90.8 Å². The average molecular weight is 786 g/mol. The molecule has 0 unspecified atom stereocenters. The van der Waals surface area contributed by atoms with Gasteiger partial charge in [0.15, 0.2) is 28.3 Å². The number of H-pyrrole nitrogens is 1. The number of benzene rings is 2. The maximum atomic E-state index is 10.0. The molecule has 2 aromatic carbocycles. The van der Waals surface area contributed by atoms with Crippen LogP contribution in [0.2, 0.25) is 0 Å². The van der Waals surface area contributed by atoms with Gasteiger partial charge in [0.25, 0.3) is 5.65 Å². The molecule has 0 aliphatic heterocycles. The molecule has 19 nitrogen and oxygen atoms in total. The highest BCUT2D eigenvalue weighted by Gasteiger charge is 2.17. The van der Waals surface area contributed by atoms with Crippen molar-refractivity contribution >= 4 is 85.1 Å². The summed E-state index contributed by atoms with van der Waals surface area (Å²) in [4.78, 5) is 45.4. The molecule has 5 heterocycles. The van der Waals surface area contributed by atoms with Gasteiger partial charge in [-0.05, 0) is 6.07 Å². The third-order valence-corrected chi connectivity index (χ3v) is 6.25. The zero-order valence-electron chi connectivity index (χ0n) is 30.1. The third kappa shape index (κ3) is 13.2. The van der Waals surface area contributed by atoms with Crippen molar-refractivity contribution in [2.24, 2.45) is 0 Å². The minimum absolute atomic E-state index is 0.0474. The second-order valence-electron chi connectivity index (χ2n) is 11.0. The molecule has 21 heteroatoms. The maximum absolute atomic E-state index is 10.0. The molecule has 0 atom stereocenters. The number of aromatic carboxylic acids is 1. The van der Waals surface area contributed by atoms with Gasteiger partial charge >= 0.3 is 5.95 Å². The van der Waals surface area contributed by atoms with Crippen LogP contribution in [0.4, 0.5) is 35.2 Å². The Labute approximate surface area is 320 Å². The molecular weight excluding hydrogens is 747 g/mol. The van der Waals surface area contributed by atoms with Crippen molar-refractivity contribution in [1.29, 1.82) is 0 Å². The van der Waals surface area contributed by atoms with Crippen LogP contribution < -0.4 is 44.5 Å². The monoisotopic (exact) mass is 785 g/mol. The predicted octanol–water partition coefficient (Wildman–Crippen LogP) is 0.520. The van der Waals surface area contributed by atoms with E-state index >= 15 is 0 Å². The first-order valence-corrected chi connectivity index (χ1v) is 19.5. The van der Waals surface area contributed by atoms with Gasteiger partial charge in [-0.1, -0.05) is 71.7 Å². The average Bonchev–Trinajstić information content (AvgIpc) is 3.12. The van der Waals surface area contributed by atoms with Crippen molar-refractivity contribution in [2.45, 2.75) is 0 Å². The topological polar surface area (TPSA) is 348 Å². The van der Waals surface area contributed by atoms with E-state index in [9.17, 15) is 18.3 Å². The zero-order chi connectivity index (χ0) is 40.7. The predicted molar refractivity (Wildman–Crippen MR) is 215 cm³/mol. The number of anilines is 6. The smallest absolute Gasteiger partial charge is 0.344 e. The van der Waals surface area contributed by atoms with Crippen LogP contribution >= 0.6 is 0 Å². The molecular formula is C34H39N15O4S2. The Bertz CT molecular complexity index is 2260. The molecule has 13 N–H and O–H groups in total. The normalized spacial score (nSPS) is 10.1. The number of nitrogen functional groups attached to an aromatic ring is 6. The van der Waals surface area contributed by atoms with Gasteiger partial charge in [-0.15, -0.1) is 4.98 Å². The Morgan fingerprint density at radius 3 is 1.56 bits per heavy atom. The van der Waals surface area contributed by atoms with Crippen LogP contribution in [0.3, 0.4) is 0 Å². The molecule has 0 saturated heterocycles. The van der Waals surface area contributed by atoms with Crippen molar-refractivity contribution in [1.82, 2.24) is 39.9 Å². The van der Waals surface area contributed by atoms with E-state index in [2.05, 4.69) is 44.9 Å². The number of aromatic amines is 1. The minimum atomic E-state index is -1.19. The van der Waals surface area contributed by atoms with Crippen molar-refractivity contribution in [2.75, 3.05) is 59.4 Å². The van der Waals surface area contributed by atoms with Crippen LogP contribution in [0.25, 0.3) is 44.8 Å². The zero-order valence-corrected chi connectivity index (χ0v) is 31.7. The van der Waals surface area contributed by atoms with Crippen molar-refractivity contribution in [3.8, 4) is 22.5 Å². The summed E-state index contributed by atoms with van der Waals surface area (Å²) < 4.78 is 19.1. The van der Waals surface area contributed by atoms with E-state index in [0.29, 0.717) is 39.5 Å². The fourth-order valence-corrected chi connectivity index (χ4v) is 4.15.